The molecular formula is C14H12ClN3O2. The summed E-state index contributed by atoms with van der Waals surface area (Å²) in [5.74, 6) is 0.878. The fourth-order valence-corrected chi connectivity index (χ4v) is 2.48. The maximum Gasteiger partial charge on any atom is 0.276 e. The minimum Gasteiger partial charge on any atom is -0.366 e. The molecule has 102 valence electrons. The standard InChI is InChI=1S/C14H12ClN3O2/c15-13-6-10(18(19)20)7-14(17-13)16-12-8-11(12)9-4-2-1-3-5-9/h1-7,11-12H,8H2,(H,16,17). The van der Waals surface area contributed by atoms with Crippen molar-refractivity contribution >= 4 is 23.1 Å². The van der Waals surface area contributed by atoms with Crippen LogP contribution in [-0.4, -0.2) is 15.9 Å². The van der Waals surface area contributed by atoms with Gasteiger partial charge in [0.2, 0.25) is 0 Å². The number of aromatic nitrogens is 1. The van der Waals surface area contributed by atoms with Crippen LogP contribution in [0, 0.1) is 10.1 Å². The Hall–Kier alpha value is -2.14. The molecule has 1 aliphatic carbocycles. The molecule has 2 atom stereocenters. The summed E-state index contributed by atoms with van der Waals surface area (Å²) in [6, 6.07) is 13.1. The third-order valence-electron chi connectivity index (χ3n) is 3.34. The van der Waals surface area contributed by atoms with Gasteiger partial charge in [0.25, 0.3) is 5.69 Å². The number of hydrogen-bond acceptors (Lipinski definition) is 4. The Balaban J connectivity index is 1.72. The predicted octanol–water partition coefficient (Wildman–Crippen LogP) is 3.61. The first-order valence-corrected chi connectivity index (χ1v) is 6.65. The highest BCUT2D eigenvalue weighted by atomic mass is 35.5. The number of pyridine rings is 1. The minimum absolute atomic E-state index is 0.0515. The number of nitrogens with zero attached hydrogens (tertiary/aromatic N) is 2. The number of benzene rings is 1. The normalized spacial score (nSPS) is 20.4. The molecular weight excluding hydrogens is 278 g/mol. The average Bonchev–Trinajstić information content (AvgIpc) is 3.18. The smallest absolute Gasteiger partial charge is 0.276 e. The Labute approximate surface area is 120 Å². The Bertz CT molecular complexity index is 648. The van der Waals surface area contributed by atoms with E-state index in [9.17, 15) is 10.1 Å². The van der Waals surface area contributed by atoms with Gasteiger partial charge < -0.3 is 5.32 Å². The van der Waals surface area contributed by atoms with Crippen LogP contribution in [0.2, 0.25) is 5.15 Å². The van der Waals surface area contributed by atoms with E-state index in [1.54, 1.807) is 0 Å². The SMILES string of the molecule is O=[N+]([O-])c1cc(Cl)nc(NC2CC2c2ccccc2)c1. The van der Waals surface area contributed by atoms with Crippen molar-refractivity contribution in [2.45, 2.75) is 18.4 Å². The molecule has 1 aliphatic rings. The second-order valence-electron chi connectivity index (χ2n) is 4.79. The van der Waals surface area contributed by atoms with Crippen LogP contribution in [0.25, 0.3) is 0 Å². The van der Waals surface area contributed by atoms with Crippen molar-refractivity contribution < 1.29 is 4.92 Å². The van der Waals surface area contributed by atoms with Crippen LogP contribution < -0.4 is 5.32 Å². The summed E-state index contributed by atoms with van der Waals surface area (Å²) in [4.78, 5) is 14.4. The van der Waals surface area contributed by atoms with E-state index in [2.05, 4.69) is 22.4 Å². The maximum absolute atomic E-state index is 10.8. The molecule has 3 rings (SSSR count). The fraction of sp³-hybridized carbons (Fsp3) is 0.214. The van der Waals surface area contributed by atoms with Crippen LogP contribution in [0.3, 0.4) is 0 Å². The molecule has 1 heterocycles. The van der Waals surface area contributed by atoms with Gasteiger partial charge in [-0.25, -0.2) is 4.98 Å². The Kier molecular flexibility index (Phi) is 3.28. The van der Waals surface area contributed by atoms with E-state index in [0.717, 1.165) is 6.42 Å². The maximum atomic E-state index is 10.8. The lowest BCUT2D eigenvalue weighted by molar-refractivity contribution is -0.384. The first kappa shape index (κ1) is 12.9. The molecule has 6 heteroatoms. The zero-order chi connectivity index (χ0) is 14.1. The summed E-state index contributed by atoms with van der Waals surface area (Å²) in [7, 11) is 0. The summed E-state index contributed by atoms with van der Waals surface area (Å²) in [5, 5.41) is 14.1. The molecule has 20 heavy (non-hydrogen) atoms. The molecule has 1 fully saturated rings. The van der Waals surface area contributed by atoms with E-state index in [1.807, 2.05) is 18.2 Å². The minimum atomic E-state index is -0.472. The second kappa shape index (κ2) is 5.09. The number of anilines is 1. The van der Waals surface area contributed by atoms with Crippen LogP contribution in [0.1, 0.15) is 17.9 Å². The van der Waals surface area contributed by atoms with Gasteiger partial charge in [-0.15, -0.1) is 0 Å². The first-order valence-electron chi connectivity index (χ1n) is 6.27. The number of hydrogen-bond donors (Lipinski definition) is 1. The molecule has 0 aliphatic heterocycles. The lowest BCUT2D eigenvalue weighted by Gasteiger charge is -2.05. The molecule has 2 unspecified atom stereocenters. The van der Waals surface area contributed by atoms with Crippen molar-refractivity contribution in [3.8, 4) is 0 Å². The van der Waals surface area contributed by atoms with Crippen LogP contribution in [0.4, 0.5) is 11.5 Å². The predicted molar refractivity (Wildman–Crippen MR) is 77.1 cm³/mol. The summed E-state index contributed by atoms with van der Waals surface area (Å²) in [5.41, 5.74) is 1.21. The van der Waals surface area contributed by atoms with Crippen LogP contribution in [0.5, 0.6) is 0 Å². The molecule has 1 saturated carbocycles. The van der Waals surface area contributed by atoms with E-state index in [4.69, 9.17) is 11.6 Å². The monoisotopic (exact) mass is 289 g/mol. The van der Waals surface area contributed by atoms with Gasteiger partial charge >= 0.3 is 0 Å². The van der Waals surface area contributed by atoms with Gasteiger partial charge in [0, 0.05) is 12.0 Å². The van der Waals surface area contributed by atoms with Gasteiger partial charge in [-0.1, -0.05) is 41.9 Å². The van der Waals surface area contributed by atoms with E-state index in [0.29, 0.717) is 11.7 Å². The summed E-state index contributed by atoms with van der Waals surface area (Å²) in [6.45, 7) is 0. The van der Waals surface area contributed by atoms with Gasteiger partial charge in [0.15, 0.2) is 0 Å². The van der Waals surface area contributed by atoms with Gasteiger partial charge in [0.1, 0.15) is 11.0 Å². The van der Waals surface area contributed by atoms with Crippen molar-refractivity contribution in [3.63, 3.8) is 0 Å². The van der Waals surface area contributed by atoms with E-state index < -0.39 is 4.92 Å². The third-order valence-corrected chi connectivity index (χ3v) is 3.53. The van der Waals surface area contributed by atoms with Crippen LogP contribution in [-0.2, 0) is 0 Å². The molecule has 5 nitrogen and oxygen atoms in total. The largest absolute Gasteiger partial charge is 0.366 e. The quantitative estimate of drug-likeness (QED) is 0.530. The van der Waals surface area contributed by atoms with Gasteiger partial charge in [0.05, 0.1) is 17.1 Å². The Morgan fingerprint density at radius 2 is 2.05 bits per heavy atom. The number of halogens is 1. The third kappa shape index (κ3) is 2.72. The highest BCUT2D eigenvalue weighted by molar-refractivity contribution is 6.29. The summed E-state index contributed by atoms with van der Waals surface area (Å²) >= 11 is 5.80. The van der Waals surface area contributed by atoms with E-state index in [1.165, 1.54) is 17.7 Å². The highest BCUT2D eigenvalue weighted by Crippen LogP contribution is 2.42. The van der Waals surface area contributed by atoms with Crippen molar-refractivity contribution in [1.29, 1.82) is 0 Å². The topological polar surface area (TPSA) is 68.1 Å². The van der Waals surface area contributed by atoms with Crippen molar-refractivity contribution in [3.05, 3.63) is 63.3 Å². The lowest BCUT2D eigenvalue weighted by atomic mass is 10.1. The summed E-state index contributed by atoms with van der Waals surface area (Å²) in [6.07, 6.45) is 0.992. The number of nitro groups is 1. The fourth-order valence-electron chi connectivity index (χ4n) is 2.28. The van der Waals surface area contributed by atoms with E-state index >= 15 is 0 Å². The van der Waals surface area contributed by atoms with Crippen LogP contribution >= 0.6 is 11.6 Å². The molecule has 0 radical (unpaired) electrons. The zero-order valence-electron chi connectivity index (χ0n) is 10.5. The Morgan fingerprint density at radius 1 is 1.30 bits per heavy atom. The summed E-state index contributed by atoms with van der Waals surface area (Å²) < 4.78 is 0. The van der Waals surface area contributed by atoms with Crippen molar-refractivity contribution in [1.82, 2.24) is 4.98 Å². The molecule has 1 aromatic heterocycles. The van der Waals surface area contributed by atoms with Crippen LogP contribution in [0.15, 0.2) is 42.5 Å². The van der Waals surface area contributed by atoms with Gasteiger partial charge in [-0.05, 0) is 12.0 Å². The molecule has 0 bridgehead atoms. The first-order chi connectivity index (χ1) is 9.63. The number of nitrogens with one attached hydrogen (secondary N) is 1. The van der Waals surface area contributed by atoms with Crippen molar-refractivity contribution in [2.75, 3.05) is 5.32 Å². The Morgan fingerprint density at radius 3 is 2.75 bits per heavy atom. The lowest BCUT2D eigenvalue weighted by Crippen LogP contribution is -2.06. The van der Waals surface area contributed by atoms with Gasteiger partial charge in [-0.2, -0.15) is 0 Å². The molecule has 0 amide bonds. The zero-order valence-corrected chi connectivity index (χ0v) is 11.2. The highest BCUT2D eigenvalue weighted by Gasteiger charge is 2.38. The molecule has 0 spiro atoms. The molecule has 2 aromatic rings. The van der Waals surface area contributed by atoms with Gasteiger partial charge in [-0.3, -0.25) is 10.1 Å². The van der Waals surface area contributed by atoms with Crippen molar-refractivity contribution in [2.24, 2.45) is 0 Å². The second-order valence-corrected chi connectivity index (χ2v) is 5.18. The molecule has 1 aromatic carbocycles. The molecule has 0 saturated heterocycles. The number of rotatable bonds is 4. The molecule has 1 N–H and O–H groups in total. The van der Waals surface area contributed by atoms with E-state index in [-0.39, 0.29) is 16.9 Å². The average molecular weight is 290 g/mol.